The van der Waals surface area contributed by atoms with E-state index >= 15 is 0 Å². The molecule has 2 heterocycles. The van der Waals surface area contributed by atoms with E-state index in [2.05, 4.69) is 27.4 Å². The van der Waals surface area contributed by atoms with Gasteiger partial charge in [0.2, 0.25) is 17.7 Å². The molecule has 1 aliphatic heterocycles. The Morgan fingerprint density at radius 2 is 1.70 bits per heavy atom. The quantitative estimate of drug-likeness (QED) is 0.153. The Morgan fingerprint density at radius 1 is 1.02 bits per heavy atom. The first kappa shape index (κ1) is 36.6. The van der Waals surface area contributed by atoms with Gasteiger partial charge in [-0.25, -0.2) is 9.59 Å². The van der Waals surface area contributed by atoms with Gasteiger partial charge in [-0.05, 0) is 79.0 Å². The Morgan fingerprint density at radius 3 is 2.35 bits per heavy atom. The van der Waals surface area contributed by atoms with Crippen LogP contribution in [0.4, 0.5) is 22.8 Å². The van der Waals surface area contributed by atoms with E-state index in [4.69, 9.17) is 18.7 Å². The lowest BCUT2D eigenvalue weighted by Crippen LogP contribution is -2.46. The van der Waals surface area contributed by atoms with Crippen molar-refractivity contribution in [3.05, 3.63) is 29.7 Å². The Hall–Kier alpha value is -3.84. The molecule has 1 aromatic heterocycles. The van der Waals surface area contributed by atoms with Crippen LogP contribution < -0.4 is 10.1 Å². The number of aliphatic imine (C=N–C) groups is 1. The molecule has 256 valence electrons. The smallest absolute Gasteiger partial charge is 0.437 e. The summed E-state index contributed by atoms with van der Waals surface area (Å²) in [7, 11) is 0. The third kappa shape index (κ3) is 11.5. The number of alkyl carbamates (subject to hydrolysis) is 1. The summed E-state index contributed by atoms with van der Waals surface area (Å²) in [6, 6.07) is 3.02. The molecule has 0 aliphatic carbocycles. The Balaban J connectivity index is 1.83. The molecular formula is C32H46F3N5O6. The van der Waals surface area contributed by atoms with Gasteiger partial charge >= 0.3 is 18.4 Å². The molecule has 14 heteroatoms. The molecule has 1 fully saturated rings. The Kier molecular flexibility index (Phi) is 12.4. The number of benzene rings is 1. The van der Waals surface area contributed by atoms with Crippen molar-refractivity contribution >= 4 is 18.1 Å². The molecule has 11 nitrogen and oxygen atoms in total. The molecule has 0 saturated carbocycles. The van der Waals surface area contributed by atoms with Gasteiger partial charge in [0, 0.05) is 12.1 Å². The number of hydrogen-bond acceptors (Lipinski definition) is 8. The lowest BCUT2D eigenvalue weighted by atomic mass is 10.1. The molecule has 1 saturated heterocycles. The van der Waals surface area contributed by atoms with Crippen LogP contribution >= 0.6 is 0 Å². The molecule has 1 atom stereocenters. The van der Waals surface area contributed by atoms with Crippen LogP contribution in [0, 0.1) is 0 Å². The second kappa shape index (κ2) is 15.6. The van der Waals surface area contributed by atoms with E-state index in [9.17, 15) is 22.8 Å². The van der Waals surface area contributed by atoms with E-state index in [0.29, 0.717) is 25.8 Å². The number of carbonyl (C=O) groups is 2. The summed E-state index contributed by atoms with van der Waals surface area (Å²) in [5, 5.41) is 6.46. The van der Waals surface area contributed by atoms with Gasteiger partial charge in [0.25, 0.3) is 0 Å². The normalized spacial score (nSPS) is 16.0. The number of hydrogen-bond donors (Lipinski definition) is 1. The number of alkyl halides is 3. The van der Waals surface area contributed by atoms with Crippen LogP contribution in [0.2, 0.25) is 0 Å². The number of aromatic nitrogens is 2. The number of nitrogens with one attached hydrogen (secondary N) is 1. The molecule has 2 amide bonds. The van der Waals surface area contributed by atoms with Crippen molar-refractivity contribution in [1.29, 1.82) is 0 Å². The Bertz CT molecular complexity index is 1350. The first-order chi connectivity index (χ1) is 21.5. The van der Waals surface area contributed by atoms with Gasteiger partial charge in [-0.1, -0.05) is 44.2 Å². The van der Waals surface area contributed by atoms with Crippen LogP contribution in [-0.4, -0.2) is 57.5 Å². The summed E-state index contributed by atoms with van der Waals surface area (Å²) in [5.41, 5.74) is -2.50. The number of carbonyl (C=O) groups excluding carboxylic acids is 2. The van der Waals surface area contributed by atoms with Crippen LogP contribution in [0.3, 0.4) is 0 Å². The summed E-state index contributed by atoms with van der Waals surface area (Å²) < 4.78 is 63.7. The average molecular weight is 654 g/mol. The maximum Gasteiger partial charge on any atom is 0.437 e. The molecule has 1 aliphatic rings. The zero-order valence-electron chi connectivity index (χ0n) is 27.8. The van der Waals surface area contributed by atoms with E-state index in [1.54, 1.807) is 46.4 Å². The Labute approximate surface area is 268 Å². The summed E-state index contributed by atoms with van der Waals surface area (Å²) in [6.45, 7) is 12.8. The van der Waals surface area contributed by atoms with Gasteiger partial charge in [-0.15, -0.1) is 4.99 Å². The van der Waals surface area contributed by atoms with Crippen LogP contribution in [0.15, 0.2) is 27.7 Å². The summed E-state index contributed by atoms with van der Waals surface area (Å²) in [6.07, 6.45) is 0.569. The van der Waals surface area contributed by atoms with Crippen LogP contribution in [-0.2, 0) is 15.7 Å². The minimum atomic E-state index is -4.67. The van der Waals surface area contributed by atoms with Crippen molar-refractivity contribution in [2.24, 2.45) is 4.99 Å². The molecule has 1 aromatic carbocycles. The van der Waals surface area contributed by atoms with Crippen LogP contribution in [0.1, 0.15) is 117 Å². The van der Waals surface area contributed by atoms with Gasteiger partial charge < -0.3 is 23.6 Å². The second-order valence-electron chi connectivity index (χ2n) is 13.2. The molecule has 3 rings (SSSR count). The first-order valence-corrected chi connectivity index (χ1v) is 15.7. The fourth-order valence-corrected chi connectivity index (χ4v) is 4.78. The molecule has 0 bridgehead atoms. The maximum atomic E-state index is 14.0. The standard InChI is InChI=1S/C32H46F3N5O6/c1-8-9-10-11-12-13-19-43-24-17-16-21(20-22(24)32(33,34)35)25-36-26(46-39-25)23-15-14-18-40(23)27(37-28(41)44-30(2,3)4)38-29(42)45-31(5,6)7/h16-17,20,23H,8-15,18-19H2,1-7H3,(H,37,38,41,42). The summed E-state index contributed by atoms with van der Waals surface area (Å²) >= 11 is 0. The van der Waals surface area contributed by atoms with Gasteiger partial charge in [-0.3, -0.25) is 5.32 Å². The number of ether oxygens (including phenoxy) is 3. The number of nitrogens with zero attached hydrogens (tertiary/aromatic N) is 4. The molecular weight excluding hydrogens is 607 g/mol. The first-order valence-electron chi connectivity index (χ1n) is 15.7. The third-order valence-corrected chi connectivity index (χ3v) is 6.75. The monoisotopic (exact) mass is 653 g/mol. The minimum absolute atomic E-state index is 0.0550. The highest BCUT2D eigenvalue weighted by Gasteiger charge is 2.37. The van der Waals surface area contributed by atoms with Crippen molar-refractivity contribution in [1.82, 2.24) is 20.4 Å². The van der Waals surface area contributed by atoms with E-state index < -0.39 is 41.2 Å². The second-order valence-corrected chi connectivity index (χ2v) is 13.2. The maximum absolute atomic E-state index is 14.0. The number of guanidine groups is 1. The molecule has 1 unspecified atom stereocenters. The fraction of sp³-hybridized carbons (Fsp3) is 0.656. The zero-order chi connectivity index (χ0) is 34.1. The van der Waals surface area contributed by atoms with Crippen molar-refractivity contribution in [3.63, 3.8) is 0 Å². The van der Waals surface area contributed by atoms with E-state index in [-0.39, 0.29) is 35.6 Å². The highest BCUT2D eigenvalue weighted by molar-refractivity contribution is 5.99. The van der Waals surface area contributed by atoms with Crippen molar-refractivity contribution in [2.75, 3.05) is 13.2 Å². The highest BCUT2D eigenvalue weighted by atomic mass is 19.4. The summed E-state index contributed by atoms with van der Waals surface area (Å²) in [5.74, 6) is -0.378. The fourth-order valence-electron chi connectivity index (χ4n) is 4.78. The predicted octanol–water partition coefficient (Wildman–Crippen LogP) is 8.45. The third-order valence-electron chi connectivity index (χ3n) is 6.75. The van der Waals surface area contributed by atoms with Gasteiger partial charge in [-0.2, -0.15) is 18.2 Å². The number of amides is 2. The largest absolute Gasteiger partial charge is 0.493 e. The molecule has 1 N–H and O–H groups in total. The van der Waals surface area contributed by atoms with E-state index in [1.807, 2.05) is 0 Å². The SMILES string of the molecule is CCCCCCCCOc1ccc(-c2noc(C3CCCN3C(=NC(=O)OC(C)(C)C)NC(=O)OC(C)(C)C)n2)cc1C(F)(F)F. The number of likely N-dealkylation sites (tertiary alicyclic amines) is 1. The van der Waals surface area contributed by atoms with Crippen molar-refractivity contribution in [2.45, 2.75) is 123 Å². The summed E-state index contributed by atoms with van der Waals surface area (Å²) in [4.78, 5) is 35.2. The van der Waals surface area contributed by atoms with E-state index in [0.717, 1.165) is 38.2 Å². The van der Waals surface area contributed by atoms with Gasteiger partial charge in [0.05, 0.1) is 12.2 Å². The average Bonchev–Trinajstić information content (AvgIpc) is 3.60. The molecule has 0 radical (unpaired) electrons. The van der Waals surface area contributed by atoms with E-state index in [1.165, 1.54) is 12.1 Å². The molecule has 0 spiro atoms. The number of halogens is 3. The predicted molar refractivity (Wildman–Crippen MR) is 165 cm³/mol. The van der Waals surface area contributed by atoms with Crippen LogP contribution in [0.25, 0.3) is 11.4 Å². The van der Waals surface area contributed by atoms with Gasteiger partial charge in [0.1, 0.15) is 23.0 Å². The molecule has 46 heavy (non-hydrogen) atoms. The minimum Gasteiger partial charge on any atom is -0.493 e. The topological polar surface area (TPSA) is 128 Å². The zero-order valence-corrected chi connectivity index (χ0v) is 27.8. The molecule has 2 aromatic rings. The lowest BCUT2D eigenvalue weighted by molar-refractivity contribution is -0.138. The van der Waals surface area contributed by atoms with Gasteiger partial charge in [0.15, 0.2) is 0 Å². The van der Waals surface area contributed by atoms with Crippen LogP contribution in [0.5, 0.6) is 5.75 Å². The van der Waals surface area contributed by atoms with Crippen molar-refractivity contribution < 1.29 is 41.5 Å². The van der Waals surface area contributed by atoms with Crippen molar-refractivity contribution in [3.8, 4) is 17.1 Å². The number of unbranched alkanes of at least 4 members (excludes halogenated alkanes) is 5. The highest BCUT2D eigenvalue weighted by Crippen LogP contribution is 2.39. The number of rotatable bonds is 10. The lowest BCUT2D eigenvalue weighted by Gasteiger charge is -2.27.